The van der Waals surface area contributed by atoms with Gasteiger partial charge >= 0.3 is 0 Å². The van der Waals surface area contributed by atoms with Crippen LogP contribution in [0.1, 0.15) is 23.7 Å². The number of benzene rings is 1. The van der Waals surface area contributed by atoms with Crippen molar-refractivity contribution in [2.45, 2.75) is 19.4 Å². The number of aliphatic hydroxyl groups is 1. The van der Waals surface area contributed by atoms with Crippen molar-refractivity contribution < 1.29 is 23.1 Å². The molecule has 1 unspecified atom stereocenters. The van der Waals surface area contributed by atoms with Gasteiger partial charge in [-0.15, -0.1) is 0 Å². The Kier molecular flexibility index (Phi) is 4.72. The molecule has 1 aromatic rings. The first-order valence-corrected chi connectivity index (χ1v) is 5.41. The highest BCUT2D eigenvalue weighted by molar-refractivity contribution is 5.94. The molecule has 0 aliphatic rings. The number of halogens is 3. The summed E-state index contributed by atoms with van der Waals surface area (Å²) >= 11 is 0. The Morgan fingerprint density at radius 2 is 1.83 bits per heavy atom. The molecule has 1 N–H and O–H groups in total. The fraction of sp³-hybridized carbons (Fsp3) is 0.417. The van der Waals surface area contributed by atoms with Crippen molar-refractivity contribution in [3.8, 4) is 0 Å². The molecule has 0 heterocycles. The van der Waals surface area contributed by atoms with Gasteiger partial charge in [-0.25, -0.2) is 13.2 Å². The molecule has 0 fully saturated rings. The van der Waals surface area contributed by atoms with Gasteiger partial charge in [-0.1, -0.05) is 0 Å². The summed E-state index contributed by atoms with van der Waals surface area (Å²) in [4.78, 5) is 12.9. The second-order valence-electron chi connectivity index (χ2n) is 4.11. The Bertz CT molecular complexity index is 449. The van der Waals surface area contributed by atoms with E-state index >= 15 is 0 Å². The lowest BCUT2D eigenvalue weighted by Gasteiger charge is -2.18. The summed E-state index contributed by atoms with van der Waals surface area (Å²) in [6.45, 7) is 1.74. The van der Waals surface area contributed by atoms with Crippen LogP contribution in [0.3, 0.4) is 0 Å². The molecule has 3 nitrogen and oxygen atoms in total. The number of hydrogen-bond acceptors (Lipinski definition) is 2. The van der Waals surface area contributed by atoms with Crippen molar-refractivity contribution in [1.29, 1.82) is 0 Å². The Morgan fingerprint density at radius 3 is 2.39 bits per heavy atom. The Balaban J connectivity index is 2.87. The van der Waals surface area contributed by atoms with Crippen LogP contribution in [0.25, 0.3) is 0 Å². The number of carbonyl (C=O) groups is 1. The average Bonchev–Trinajstić information content (AvgIpc) is 2.29. The van der Waals surface area contributed by atoms with Crippen molar-refractivity contribution in [3.63, 3.8) is 0 Å². The quantitative estimate of drug-likeness (QED) is 0.841. The largest absolute Gasteiger partial charge is 0.393 e. The van der Waals surface area contributed by atoms with Gasteiger partial charge in [0.05, 0.1) is 11.7 Å². The van der Waals surface area contributed by atoms with Crippen LogP contribution in [0.2, 0.25) is 0 Å². The van der Waals surface area contributed by atoms with E-state index in [-0.39, 0.29) is 6.54 Å². The highest BCUT2D eigenvalue weighted by atomic mass is 19.2. The smallest absolute Gasteiger partial charge is 0.256 e. The Labute approximate surface area is 103 Å². The molecule has 1 rings (SSSR count). The Morgan fingerprint density at radius 1 is 1.28 bits per heavy atom. The molecule has 0 aliphatic heterocycles. The van der Waals surface area contributed by atoms with Crippen molar-refractivity contribution >= 4 is 5.91 Å². The van der Waals surface area contributed by atoms with E-state index in [1.807, 2.05) is 0 Å². The lowest BCUT2D eigenvalue weighted by atomic mass is 10.1. The van der Waals surface area contributed by atoms with Crippen LogP contribution in [-0.4, -0.2) is 35.6 Å². The predicted octanol–water partition coefficient (Wildman–Crippen LogP) is 1.95. The molecule has 1 aromatic carbocycles. The summed E-state index contributed by atoms with van der Waals surface area (Å²) in [5.74, 6) is -4.48. The fourth-order valence-corrected chi connectivity index (χ4v) is 1.37. The minimum atomic E-state index is -1.34. The van der Waals surface area contributed by atoms with E-state index in [0.29, 0.717) is 18.6 Å². The van der Waals surface area contributed by atoms with Crippen LogP contribution < -0.4 is 0 Å². The van der Waals surface area contributed by atoms with E-state index in [1.165, 1.54) is 7.05 Å². The first kappa shape index (κ1) is 14.5. The first-order chi connectivity index (χ1) is 8.32. The maximum Gasteiger partial charge on any atom is 0.256 e. The molecule has 0 radical (unpaired) electrons. The molecule has 0 aliphatic carbocycles. The summed E-state index contributed by atoms with van der Waals surface area (Å²) in [5, 5.41) is 9.07. The average molecular weight is 261 g/mol. The summed E-state index contributed by atoms with van der Waals surface area (Å²) in [6.07, 6.45) is -0.289. The third kappa shape index (κ3) is 3.46. The summed E-state index contributed by atoms with van der Waals surface area (Å²) in [6, 6.07) is 0.872. The van der Waals surface area contributed by atoms with Crippen molar-refractivity contribution in [1.82, 2.24) is 4.90 Å². The van der Waals surface area contributed by atoms with Crippen LogP contribution in [0, 0.1) is 17.5 Å². The van der Waals surface area contributed by atoms with Gasteiger partial charge in [-0.2, -0.15) is 0 Å². The van der Waals surface area contributed by atoms with E-state index in [0.717, 1.165) is 4.90 Å². The first-order valence-electron chi connectivity index (χ1n) is 5.41. The van der Waals surface area contributed by atoms with Crippen LogP contribution in [0.15, 0.2) is 12.1 Å². The van der Waals surface area contributed by atoms with Gasteiger partial charge in [-0.3, -0.25) is 4.79 Å². The monoisotopic (exact) mass is 261 g/mol. The van der Waals surface area contributed by atoms with E-state index in [1.54, 1.807) is 6.92 Å². The van der Waals surface area contributed by atoms with Gasteiger partial charge in [0.25, 0.3) is 5.91 Å². The third-order valence-corrected chi connectivity index (χ3v) is 2.47. The maximum absolute atomic E-state index is 13.3. The van der Waals surface area contributed by atoms with Crippen LogP contribution in [0.5, 0.6) is 0 Å². The highest BCUT2D eigenvalue weighted by Gasteiger charge is 2.19. The second-order valence-corrected chi connectivity index (χ2v) is 4.11. The van der Waals surface area contributed by atoms with Gasteiger partial charge in [0.2, 0.25) is 0 Å². The minimum absolute atomic E-state index is 0.189. The maximum atomic E-state index is 13.3. The predicted molar refractivity (Wildman–Crippen MR) is 59.6 cm³/mol. The topological polar surface area (TPSA) is 40.5 Å². The normalized spacial score (nSPS) is 12.3. The molecular formula is C12H14F3NO2. The molecule has 0 aromatic heterocycles. The van der Waals surface area contributed by atoms with Crippen molar-refractivity contribution in [3.05, 3.63) is 35.1 Å². The van der Waals surface area contributed by atoms with Crippen molar-refractivity contribution in [2.24, 2.45) is 0 Å². The number of hydrogen-bond donors (Lipinski definition) is 1. The zero-order valence-corrected chi connectivity index (χ0v) is 10.1. The summed E-state index contributed by atoms with van der Waals surface area (Å²) in [7, 11) is 1.39. The lowest BCUT2D eigenvalue weighted by Crippen LogP contribution is -2.30. The fourth-order valence-electron chi connectivity index (χ4n) is 1.37. The molecule has 0 bridgehead atoms. The summed E-state index contributed by atoms with van der Waals surface area (Å²) in [5.41, 5.74) is -0.526. The van der Waals surface area contributed by atoms with Crippen molar-refractivity contribution in [2.75, 3.05) is 13.6 Å². The van der Waals surface area contributed by atoms with E-state index in [2.05, 4.69) is 0 Å². The molecule has 0 saturated heterocycles. The standard InChI is InChI=1S/C12H14F3NO2/c1-7(17)3-4-16(2)12(18)8-5-10(14)11(15)6-9(8)13/h5-7,17H,3-4H2,1-2H3. The van der Waals surface area contributed by atoms with Gasteiger partial charge < -0.3 is 10.0 Å². The van der Waals surface area contributed by atoms with E-state index in [9.17, 15) is 18.0 Å². The number of aliphatic hydroxyl groups excluding tert-OH is 1. The number of nitrogens with zero attached hydrogens (tertiary/aromatic N) is 1. The Hall–Kier alpha value is -1.56. The molecule has 1 amide bonds. The van der Waals surface area contributed by atoms with E-state index in [4.69, 9.17) is 5.11 Å². The van der Waals surface area contributed by atoms with Crippen LogP contribution in [-0.2, 0) is 0 Å². The van der Waals surface area contributed by atoms with Gasteiger partial charge in [0, 0.05) is 19.7 Å². The van der Waals surface area contributed by atoms with E-state index < -0.39 is 35.0 Å². The molecule has 0 spiro atoms. The lowest BCUT2D eigenvalue weighted by molar-refractivity contribution is 0.0763. The zero-order valence-electron chi connectivity index (χ0n) is 10.1. The highest BCUT2D eigenvalue weighted by Crippen LogP contribution is 2.15. The van der Waals surface area contributed by atoms with Crippen LogP contribution in [0.4, 0.5) is 13.2 Å². The second kappa shape index (κ2) is 5.86. The SMILES string of the molecule is CC(O)CCN(C)C(=O)c1cc(F)c(F)cc1F. The molecule has 1 atom stereocenters. The van der Waals surface area contributed by atoms with Gasteiger partial charge in [0.15, 0.2) is 11.6 Å². The van der Waals surface area contributed by atoms with Gasteiger partial charge in [-0.05, 0) is 19.4 Å². The minimum Gasteiger partial charge on any atom is -0.393 e. The third-order valence-electron chi connectivity index (χ3n) is 2.47. The molecule has 6 heteroatoms. The number of amides is 1. The number of carbonyl (C=O) groups excluding carboxylic acids is 1. The number of rotatable bonds is 4. The van der Waals surface area contributed by atoms with Crippen LogP contribution >= 0.6 is 0 Å². The molecule has 0 saturated carbocycles. The molecule has 18 heavy (non-hydrogen) atoms. The van der Waals surface area contributed by atoms with Gasteiger partial charge in [0.1, 0.15) is 5.82 Å². The summed E-state index contributed by atoms with van der Waals surface area (Å²) < 4.78 is 39.0. The molecular weight excluding hydrogens is 247 g/mol. The zero-order chi connectivity index (χ0) is 13.9. The molecule has 100 valence electrons.